The van der Waals surface area contributed by atoms with E-state index in [9.17, 15) is 14.9 Å². The van der Waals surface area contributed by atoms with Crippen molar-refractivity contribution in [2.75, 3.05) is 17.7 Å². The number of hydrogen-bond donors (Lipinski definition) is 3. The highest BCUT2D eigenvalue weighted by Crippen LogP contribution is 2.24. The van der Waals surface area contributed by atoms with Crippen LogP contribution in [0.15, 0.2) is 36.4 Å². The fourth-order valence-electron chi connectivity index (χ4n) is 2.11. The molecule has 0 radical (unpaired) electrons. The van der Waals surface area contributed by atoms with Crippen molar-refractivity contribution >= 4 is 23.2 Å². The van der Waals surface area contributed by atoms with Gasteiger partial charge in [-0.2, -0.15) is 0 Å². The van der Waals surface area contributed by atoms with Crippen LogP contribution in [-0.2, 0) is 17.8 Å². The Morgan fingerprint density at radius 3 is 2.57 bits per heavy atom. The van der Waals surface area contributed by atoms with E-state index in [1.807, 2.05) is 18.2 Å². The molecule has 1 aromatic heterocycles. The number of nitrogens with two attached hydrogens (primary N) is 1. The zero-order chi connectivity index (χ0) is 16.8. The summed E-state index contributed by atoms with van der Waals surface area (Å²) in [6.45, 7) is 0.317. The van der Waals surface area contributed by atoms with Crippen LogP contribution in [0.4, 0.5) is 17.3 Å². The number of amides is 1. The standard InChI is InChI=1S/C15H17N5O3/c1-17-13-7-6-12(20(22)23)15(18-13)19-14(21)8-10-4-2-3-5-11(10)9-16/h2-7H,8-9,16H2,1H3,(H2,17,18,19,21). The molecule has 4 N–H and O–H groups in total. The largest absolute Gasteiger partial charge is 0.373 e. The van der Waals surface area contributed by atoms with E-state index in [-0.39, 0.29) is 17.9 Å². The molecule has 0 fully saturated rings. The predicted octanol–water partition coefficient (Wildman–Crippen LogP) is 1.67. The lowest BCUT2D eigenvalue weighted by atomic mass is 10.0. The third-order valence-electron chi connectivity index (χ3n) is 3.27. The molecule has 0 unspecified atom stereocenters. The SMILES string of the molecule is CNc1ccc([N+](=O)[O-])c(NC(=O)Cc2ccccc2CN)n1. The average Bonchev–Trinajstić information content (AvgIpc) is 2.54. The first-order valence-electron chi connectivity index (χ1n) is 6.95. The summed E-state index contributed by atoms with van der Waals surface area (Å²) in [4.78, 5) is 26.7. The fourth-order valence-corrected chi connectivity index (χ4v) is 2.11. The fraction of sp³-hybridized carbons (Fsp3) is 0.200. The molecule has 2 aromatic rings. The number of benzene rings is 1. The number of anilines is 2. The Labute approximate surface area is 132 Å². The Kier molecular flexibility index (Phi) is 5.21. The first-order valence-corrected chi connectivity index (χ1v) is 6.95. The minimum Gasteiger partial charge on any atom is -0.373 e. The summed E-state index contributed by atoms with van der Waals surface area (Å²) in [5.41, 5.74) is 7.01. The molecule has 0 aliphatic rings. The predicted molar refractivity (Wildman–Crippen MR) is 87.1 cm³/mol. The van der Waals surface area contributed by atoms with Crippen LogP contribution in [0.25, 0.3) is 0 Å². The normalized spacial score (nSPS) is 10.2. The van der Waals surface area contributed by atoms with E-state index in [0.717, 1.165) is 11.1 Å². The van der Waals surface area contributed by atoms with E-state index >= 15 is 0 Å². The smallest absolute Gasteiger partial charge is 0.311 e. The minimum absolute atomic E-state index is 0.0655. The summed E-state index contributed by atoms with van der Waals surface area (Å²) in [6, 6.07) is 10.1. The third kappa shape index (κ3) is 4.01. The lowest BCUT2D eigenvalue weighted by Gasteiger charge is -2.09. The molecule has 120 valence electrons. The highest BCUT2D eigenvalue weighted by molar-refractivity contribution is 5.93. The summed E-state index contributed by atoms with van der Waals surface area (Å²) in [5.74, 6) is -0.0555. The molecule has 1 heterocycles. The number of nitrogens with one attached hydrogen (secondary N) is 2. The van der Waals surface area contributed by atoms with E-state index in [2.05, 4.69) is 15.6 Å². The molecule has 0 aliphatic carbocycles. The molecule has 2 rings (SSSR count). The maximum Gasteiger partial charge on any atom is 0.311 e. The van der Waals surface area contributed by atoms with Gasteiger partial charge in [0, 0.05) is 19.7 Å². The van der Waals surface area contributed by atoms with Gasteiger partial charge in [0.1, 0.15) is 5.82 Å². The van der Waals surface area contributed by atoms with Crippen LogP contribution in [0.2, 0.25) is 0 Å². The van der Waals surface area contributed by atoms with Crippen molar-refractivity contribution < 1.29 is 9.72 Å². The maximum absolute atomic E-state index is 12.2. The van der Waals surface area contributed by atoms with Crippen molar-refractivity contribution in [2.24, 2.45) is 5.73 Å². The quantitative estimate of drug-likeness (QED) is 0.550. The van der Waals surface area contributed by atoms with E-state index in [0.29, 0.717) is 12.4 Å². The lowest BCUT2D eigenvalue weighted by Crippen LogP contribution is -2.18. The molecule has 8 heteroatoms. The van der Waals surface area contributed by atoms with Gasteiger partial charge in [0.15, 0.2) is 0 Å². The number of carbonyl (C=O) groups is 1. The van der Waals surface area contributed by atoms with Gasteiger partial charge in [-0.25, -0.2) is 4.98 Å². The summed E-state index contributed by atoms with van der Waals surface area (Å²) < 4.78 is 0. The molecule has 1 aromatic carbocycles. The van der Waals surface area contributed by atoms with Crippen molar-refractivity contribution in [3.8, 4) is 0 Å². The third-order valence-corrected chi connectivity index (χ3v) is 3.27. The summed E-state index contributed by atoms with van der Waals surface area (Å²) >= 11 is 0. The number of hydrogen-bond acceptors (Lipinski definition) is 6. The van der Waals surface area contributed by atoms with Crippen molar-refractivity contribution in [1.82, 2.24) is 4.98 Å². The molecule has 0 saturated heterocycles. The van der Waals surface area contributed by atoms with E-state index < -0.39 is 10.8 Å². The first-order chi connectivity index (χ1) is 11.0. The number of carbonyl (C=O) groups excluding carboxylic acids is 1. The number of aromatic nitrogens is 1. The van der Waals surface area contributed by atoms with Gasteiger partial charge in [0.05, 0.1) is 11.3 Å². The van der Waals surface area contributed by atoms with Crippen LogP contribution in [0, 0.1) is 10.1 Å². The maximum atomic E-state index is 12.2. The zero-order valence-electron chi connectivity index (χ0n) is 12.6. The van der Waals surface area contributed by atoms with Crippen molar-refractivity contribution in [1.29, 1.82) is 0 Å². The van der Waals surface area contributed by atoms with Crippen LogP contribution < -0.4 is 16.4 Å². The average molecular weight is 315 g/mol. The molecule has 1 amide bonds. The van der Waals surface area contributed by atoms with Gasteiger partial charge >= 0.3 is 5.69 Å². The minimum atomic E-state index is -0.587. The summed E-state index contributed by atoms with van der Waals surface area (Å²) in [6.07, 6.45) is 0.0655. The van der Waals surface area contributed by atoms with E-state index in [1.54, 1.807) is 13.1 Å². The van der Waals surface area contributed by atoms with E-state index in [1.165, 1.54) is 12.1 Å². The molecule has 0 spiro atoms. The molecule has 23 heavy (non-hydrogen) atoms. The van der Waals surface area contributed by atoms with Gasteiger partial charge in [0.25, 0.3) is 0 Å². The number of nitro groups is 1. The lowest BCUT2D eigenvalue weighted by molar-refractivity contribution is -0.384. The van der Waals surface area contributed by atoms with Crippen molar-refractivity contribution in [2.45, 2.75) is 13.0 Å². The first kappa shape index (κ1) is 16.4. The number of nitrogens with zero attached hydrogens (tertiary/aromatic N) is 2. The van der Waals surface area contributed by atoms with Gasteiger partial charge in [-0.1, -0.05) is 24.3 Å². The van der Waals surface area contributed by atoms with Gasteiger partial charge < -0.3 is 16.4 Å². The second-order valence-electron chi connectivity index (χ2n) is 4.77. The molecule has 0 bridgehead atoms. The molecular formula is C15H17N5O3. The number of pyridine rings is 1. The molecule has 8 nitrogen and oxygen atoms in total. The topological polar surface area (TPSA) is 123 Å². The Balaban J connectivity index is 2.21. The Hall–Kier alpha value is -3.00. The summed E-state index contributed by atoms with van der Waals surface area (Å²) in [7, 11) is 1.64. The van der Waals surface area contributed by atoms with E-state index in [4.69, 9.17) is 5.73 Å². The van der Waals surface area contributed by atoms with Crippen molar-refractivity contribution in [3.63, 3.8) is 0 Å². The second kappa shape index (κ2) is 7.32. The van der Waals surface area contributed by atoms with Crippen LogP contribution in [-0.4, -0.2) is 22.9 Å². The highest BCUT2D eigenvalue weighted by Gasteiger charge is 2.18. The van der Waals surface area contributed by atoms with Gasteiger partial charge in [0.2, 0.25) is 11.7 Å². The monoisotopic (exact) mass is 315 g/mol. The van der Waals surface area contributed by atoms with Crippen LogP contribution in [0.3, 0.4) is 0 Å². The van der Waals surface area contributed by atoms with Gasteiger partial charge in [-0.3, -0.25) is 14.9 Å². The Morgan fingerprint density at radius 1 is 1.26 bits per heavy atom. The van der Waals surface area contributed by atoms with Gasteiger partial charge in [-0.05, 0) is 17.2 Å². The van der Waals surface area contributed by atoms with Crippen molar-refractivity contribution in [3.05, 3.63) is 57.6 Å². The molecule has 0 atom stereocenters. The van der Waals surface area contributed by atoms with Gasteiger partial charge in [-0.15, -0.1) is 0 Å². The Bertz CT molecular complexity index is 733. The number of rotatable bonds is 6. The molecule has 0 saturated carbocycles. The van der Waals surface area contributed by atoms with Crippen LogP contribution in [0.5, 0.6) is 0 Å². The van der Waals surface area contributed by atoms with Crippen LogP contribution >= 0.6 is 0 Å². The Morgan fingerprint density at radius 2 is 1.96 bits per heavy atom. The molecular weight excluding hydrogens is 298 g/mol. The molecule has 0 aliphatic heterocycles. The second-order valence-corrected chi connectivity index (χ2v) is 4.77. The summed E-state index contributed by atoms with van der Waals surface area (Å²) in [5, 5.41) is 16.3. The zero-order valence-corrected chi connectivity index (χ0v) is 12.6. The van der Waals surface area contributed by atoms with Crippen LogP contribution in [0.1, 0.15) is 11.1 Å². The highest BCUT2D eigenvalue weighted by atomic mass is 16.6.